The Bertz CT molecular complexity index is 514. The van der Waals surface area contributed by atoms with Crippen molar-refractivity contribution in [2.45, 2.75) is 33.2 Å². The van der Waals surface area contributed by atoms with Crippen molar-refractivity contribution in [1.82, 2.24) is 10.3 Å². The number of carbonyl (C=O) groups is 2. The summed E-state index contributed by atoms with van der Waals surface area (Å²) in [5, 5.41) is 2.43. The molecule has 1 rings (SSSR count). The molecular formula is C12H18N2O5. The zero-order valence-electron chi connectivity index (χ0n) is 11.4. The third-order valence-corrected chi connectivity index (χ3v) is 2.44. The zero-order chi connectivity index (χ0) is 14.6. The largest absolute Gasteiger partial charge is 0.467 e. The Morgan fingerprint density at radius 1 is 1.37 bits per heavy atom. The third-order valence-electron chi connectivity index (χ3n) is 2.44. The minimum Gasteiger partial charge on any atom is -0.467 e. The molecule has 0 unspecified atom stereocenters. The summed E-state index contributed by atoms with van der Waals surface area (Å²) in [7, 11) is 1.23. The molecule has 7 nitrogen and oxygen atoms in total. The lowest BCUT2D eigenvalue weighted by Crippen LogP contribution is -2.39. The van der Waals surface area contributed by atoms with Crippen molar-refractivity contribution < 1.29 is 18.7 Å². The zero-order valence-corrected chi connectivity index (χ0v) is 11.4. The van der Waals surface area contributed by atoms with Gasteiger partial charge in [0.15, 0.2) is 0 Å². The van der Waals surface area contributed by atoms with Crippen LogP contribution >= 0.6 is 0 Å². The molecule has 1 heterocycles. The molecule has 1 atom stereocenters. The average Bonchev–Trinajstić information content (AvgIpc) is 2.68. The Morgan fingerprint density at radius 2 is 2.00 bits per heavy atom. The number of oxazole rings is 1. The third kappa shape index (κ3) is 3.97. The Kier molecular flexibility index (Phi) is 4.91. The topological polar surface area (TPSA) is 101 Å². The second-order valence-electron chi connectivity index (χ2n) is 4.63. The van der Waals surface area contributed by atoms with Crippen LogP contribution in [0, 0.1) is 5.92 Å². The minimum absolute atomic E-state index is 0.0504. The van der Waals surface area contributed by atoms with Gasteiger partial charge in [-0.25, -0.2) is 9.59 Å². The molecule has 0 aromatic carbocycles. The van der Waals surface area contributed by atoms with Crippen LogP contribution in [-0.4, -0.2) is 30.0 Å². The first-order chi connectivity index (χ1) is 8.85. The molecule has 1 aromatic rings. The number of carbonyl (C=O) groups excluding carboxylic acids is 2. The van der Waals surface area contributed by atoms with Crippen LogP contribution in [0.5, 0.6) is 0 Å². The van der Waals surface area contributed by atoms with E-state index in [1.54, 1.807) is 0 Å². The molecule has 106 valence electrons. The van der Waals surface area contributed by atoms with Gasteiger partial charge in [0.25, 0.3) is 5.91 Å². The van der Waals surface area contributed by atoms with E-state index in [9.17, 15) is 14.4 Å². The van der Waals surface area contributed by atoms with Crippen LogP contribution in [0.1, 0.15) is 37.0 Å². The molecule has 0 saturated carbocycles. The lowest BCUT2D eigenvalue weighted by molar-refractivity contribution is -0.142. The highest BCUT2D eigenvalue weighted by molar-refractivity contribution is 5.95. The number of hydrogen-bond acceptors (Lipinski definition) is 5. The predicted octanol–water partition coefficient (Wildman–Crippen LogP) is 0.458. The molecule has 19 heavy (non-hydrogen) atoms. The van der Waals surface area contributed by atoms with Crippen molar-refractivity contribution >= 4 is 11.9 Å². The van der Waals surface area contributed by atoms with Crippen molar-refractivity contribution in [3.63, 3.8) is 0 Å². The number of rotatable bonds is 5. The maximum Gasteiger partial charge on any atom is 0.417 e. The van der Waals surface area contributed by atoms with Gasteiger partial charge in [0.05, 0.1) is 7.11 Å². The molecule has 0 radical (unpaired) electrons. The highest BCUT2D eigenvalue weighted by Crippen LogP contribution is 2.10. The van der Waals surface area contributed by atoms with Crippen molar-refractivity contribution in [3.05, 3.63) is 22.0 Å². The number of hydrogen-bond donors (Lipinski definition) is 2. The first kappa shape index (κ1) is 15.0. The van der Waals surface area contributed by atoms with Crippen LogP contribution in [0.4, 0.5) is 0 Å². The molecule has 0 aliphatic carbocycles. The Balaban J connectivity index is 2.87. The molecule has 1 aromatic heterocycles. The SMILES string of the molecule is COC(=O)[C@H](C)NC(=O)c1[nH]c(=O)oc1CC(C)C. The lowest BCUT2D eigenvalue weighted by Gasteiger charge is -2.11. The molecule has 0 aliphatic heterocycles. The fraction of sp³-hybridized carbons (Fsp3) is 0.583. The van der Waals surface area contributed by atoms with E-state index in [4.69, 9.17) is 4.42 Å². The van der Waals surface area contributed by atoms with Crippen molar-refractivity contribution in [2.75, 3.05) is 7.11 Å². The normalized spacial score (nSPS) is 12.3. The van der Waals surface area contributed by atoms with Gasteiger partial charge >= 0.3 is 11.7 Å². The number of esters is 1. The molecule has 0 bridgehead atoms. The second-order valence-corrected chi connectivity index (χ2v) is 4.63. The molecule has 0 spiro atoms. The molecule has 1 amide bonds. The number of ether oxygens (including phenoxy) is 1. The van der Waals surface area contributed by atoms with E-state index >= 15 is 0 Å². The number of methoxy groups -OCH3 is 1. The van der Waals surface area contributed by atoms with Gasteiger partial charge in [-0.3, -0.25) is 9.78 Å². The van der Waals surface area contributed by atoms with E-state index < -0.39 is 23.7 Å². The summed E-state index contributed by atoms with van der Waals surface area (Å²) in [6, 6.07) is -0.803. The smallest absolute Gasteiger partial charge is 0.417 e. The number of amides is 1. The summed E-state index contributed by atoms with van der Waals surface area (Å²) in [6.07, 6.45) is 0.452. The monoisotopic (exact) mass is 270 g/mol. The van der Waals surface area contributed by atoms with Gasteiger partial charge in [0.2, 0.25) is 0 Å². The molecule has 0 saturated heterocycles. The number of H-pyrrole nitrogens is 1. The summed E-state index contributed by atoms with van der Waals surface area (Å²) < 4.78 is 9.43. The van der Waals surface area contributed by atoms with Crippen LogP contribution < -0.4 is 11.1 Å². The van der Waals surface area contributed by atoms with E-state index in [0.717, 1.165) is 0 Å². The van der Waals surface area contributed by atoms with Gasteiger partial charge in [-0.2, -0.15) is 0 Å². The summed E-state index contributed by atoms with van der Waals surface area (Å²) in [4.78, 5) is 36.7. The lowest BCUT2D eigenvalue weighted by atomic mass is 10.1. The van der Waals surface area contributed by atoms with E-state index in [1.165, 1.54) is 14.0 Å². The van der Waals surface area contributed by atoms with Gasteiger partial charge in [-0.1, -0.05) is 13.8 Å². The van der Waals surface area contributed by atoms with Gasteiger partial charge < -0.3 is 14.5 Å². The van der Waals surface area contributed by atoms with Crippen LogP contribution in [0.2, 0.25) is 0 Å². The Hall–Kier alpha value is -2.05. The van der Waals surface area contributed by atoms with Crippen LogP contribution in [0.25, 0.3) is 0 Å². The maximum absolute atomic E-state index is 11.9. The molecule has 0 fully saturated rings. The fourth-order valence-corrected chi connectivity index (χ4v) is 1.56. The predicted molar refractivity (Wildman–Crippen MR) is 66.8 cm³/mol. The van der Waals surface area contributed by atoms with E-state index in [-0.39, 0.29) is 17.4 Å². The van der Waals surface area contributed by atoms with Crippen molar-refractivity contribution in [2.24, 2.45) is 5.92 Å². The summed E-state index contributed by atoms with van der Waals surface area (Å²) in [6.45, 7) is 5.36. The van der Waals surface area contributed by atoms with Crippen molar-refractivity contribution in [1.29, 1.82) is 0 Å². The summed E-state index contributed by atoms with van der Waals surface area (Å²) in [5.41, 5.74) is 0.0504. The van der Waals surface area contributed by atoms with Crippen LogP contribution in [0.3, 0.4) is 0 Å². The molecule has 2 N–H and O–H groups in total. The highest BCUT2D eigenvalue weighted by Gasteiger charge is 2.22. The number of nitrogens with one attached hydrogen (secondary N) is 2. The van der Waals surface area contributed by atoms with Crippen LogP contribution in [0.15, 0.2) is 9.21 Å². The molecule has 7 heteroatoms. The molecular weight excluding hydrogens is 252 g/mol. The Labute approximate surface area is 110 Å². The van der Waals surface area contributed by atoms with E-state index in [2.05, 4.69) is 15.0 Å². The Morgan fingerprint density at radius 3 is 2.53 bits per heavy atom. The second kappa shape index (κ2) is 6.21. The highest BCUT2D eigenvalue weighted by atomic mass is 16.5. The maximum atomic E-state index is 11.9. The van der Waals surface area contributed by atoms with Gasteiger partial charge in [-0.15, -0.1) is 0 Å². The number of aromatic amines is 1. The number of aromatic nitrogens is 1. The van der Waals surface area contributed by atoms with E-state index in [1.807, 2.05) is 13.8 Å². The molecule has 0 aliphatic rings. The van der Waals surface area contributed by atoms with Gasteiger partial charge in [0, 0.05) is 6.42 Å². The summed E-state index contributed by atoms with van der Waals surface area (Å²) >= 11 is 0. The van der Waals surface area contributed by atoms with E-state index in [0.29, 0.717) is 6.42 Å². The van der Waals surface area contributed by atoms with Gasteiger partial charge in [-0.05, 0) is 12.8 Å². The van der Waals surface area contributed by atoms with Gasteiger partial charge in [0.1, 0.15) is 17.5 Å². The standard InChI is InChI=1S/C12H18N2O5/c1-6(2)5-8-9(14-12(17)19-8)10(15)13-7(3)11(16)18-4/h6-7H,5H2,1-4H3,(H,13,15)(H,14,17)/t7-/m0/s1. The van der Waals surface area contributed by atoms with Crippen LogP contribution in [-0.2, 0) is 16.0 Å². The quantitative estimate of drug-likeness (QED) is 0.757. The first-order valence-corrected chi connectivity index (χ1v) is 5.95. The average molecular weight is 270 g/mol. The summed E-state index contributed by atoms with van der Waals surface area (Å²) in [5.74, 6) is -1.31. The van der Waals surface area contributed by atoms with Crippen molar-refractivity contribution in [3.8, 4) is 0 Å². The first-order valence-electron chi connectivity index (χ1n) is 5.95. The fourth-order valence-electron chi connectivity index (χ4n) is 1.56. The minimum atomic E-state index is -0.803.